The SMILES string of the molecule is CCCC(=O)CC(=O)c1cccc(C)n1. The van der Waals surface area contributed by atoms with E-state index in [1.807, 2.05) is 19.9 Å². The monoisotopic (exact) mass is 205 g/mol. The van der Waals surface area contributed by atoms with Crippen LogP contribution in [0.25, 0.3) is 0 Å². The molecular weight excluding hydrogens is 190 g/mol. The first-order chi connectivity index (χ1) is 7.13. The van der Waals surface area contributed by atoms with Crippen LogP contribution < -0.4 is 0 Å². The van der Waals surface area contributed by atoms with Gasteiger partial charge >= 0.3 is 0 Å². The predicted octanol–water partition coefficient (Wildman–Crippen LogP) is 2.33. The summed E-state index contributed by atoms with van der Waals surface area (Å²) in [5.74, 6) is -0.192. The number of hydrogen-bond acceptors (Lipinski definition) is 3. The summed E-state index contributed by atoms with van der Waals surface area (Å²) < 4.78 is 0. The third-order valence-electron chi connectivity index (χ3n) is 2.06. The number of carbonyl (C=O) groups excluding carboxylic acids is 2. The van der Waals surface area contributed by atoms with Gasteiger partial charge in [-0.2, -0.15) is 0 Å². The van der Waals surface area contributed by atoms with Gasteiger partial charge in [0.05, 0.1) is 6.42 Å². The van der Waals surface area contributed by atoms with Gasteiger partial charge in [0.2, 0.25) is 0 Å². The van der Waals surface area contributed by atoms with E-state index in [0.29, 0.717) is 12.1 Å². The maximum absolute atomic E-state index is 11.6. The first-order valence-electron chi connectivity index (χ1n) is 5.12. The molecule has 3 nitrogen and oxygen atoms in total. The van der Waals surface area contributed by atoms with Crippen molar-refractivity contribution in [3.63, 3.8) is 0 Å². The fourth-order valence-corrected chi connectivity index (χ4v) is 1.34. The molecule has 0 bridgehead atoms. The number of ketones is 2. The van der Waals surface area contributed by atoms with E-state index >= 15 is 0 Å². The highest BCUT2D eigenvalue weighted by molar-refractivity contribution is 6.06. The maximum atomic E-state index is 11.6. The minimum Gasteiger partial charge on any atom is -0.299 e. The van der Waals surface area contributed by atoms with Gasteiger partial charge in [0.15, 0.2) is 5.78 Å². The summed E-state index contributed by atoms with van der Waals surface area (Å²) in [7, 11) is 0. The second-order valence-electron chi connectivity index (χ2n) is 3.55. The van der Waals surface area contributed by atoms with Crippen molar-refractivity contribution < 1.29 is 9.59 Å². The number of rotatable bonds is 5. The van der Waals surface area contributed by atoms with Crippen molar-refractivity contribution in [3.05, 3.63) is 29.6 Å². The molecule has 0 spiro atoms. The summed E-state index contributed by atoms with van der Waals surface area (Å²) in [5, 5.41) is 0. The van der Waals surface area contributed by atoms with E-state index in [-0.39, 0.29) is 18.0 Å². The van der Waals surface area contributed by atoms with Crippen molar-refractivity contribution in [2.75, 3.05) is 0 Å². The highest BCUT2D eigenvalue weighted by atomic mass is 16.1. The molecule has 0 saturated carbocycles. The van der Waals surface area contributed by atoms with Crippen LogP contribution in [0.3, 0.4) is 0 Å². The smallest absolute Gasteiger partial charge is 0.188 e. The van der Waals surface area contributed by atoms with E-state index in [0.717, 1.165) is 12.1 Å². The molecule has 80 valence electrons. The van der Waals surface area contributed by atoms with E-state index in [4.69, 9.17) is 0 Å². The number of Topliss-reactive ketones (excluding diaryl/α,β-unsaturated/α-hetero) is 2. The number of hydrogen-bond donors (Lipinski definition) is 0. The Morgan fingerprint density at radius 2 is 2.07 bits per heavy atom. The largest absolute Gasteiger partial charge is 0.299 e. The summed E-state index contributed by atoms with van der Waals surface area (Å²) in [6, 6.07) is 5.25. The third-order valence-corrected chi connectivity index (χ3v) is 2.06. The van der Waals surface area contributed by atoms with Gasteiger partial charge in [0, 0.05) is 12.1 Å². The lowest BCUT2D eigenvalue weighted by Gasteiger charge is -2.00. The van der Waals surface area contributed by atoms with E-state index in [2.05, 4.69) is 4.98 Å². The van der Waals surface area contributed by atoms with Crippen molar-refractivity contribution >= 4 is 11.6 Å². The molecule has 0 saturated heterocycles. The lowest BCUT2D eigenvalue weighted by molar-refractivity contribution is -0.118. The molecule has 1 rings (SSSR count). The summed E-state index contributed by atoms with van der Waals surface area (Å²) in [4.78, 5) is 26.9. The molecule has 0 amide bonds. The van der Waals surface area contributed by atoms with Gasteiger partial charge in [0.1, 0.15) is 11.5 Å². The zero-order valence-electron chi connectivity index (χ0n) is 9.12. The van der Waals surface area contributed by atoms with Crippen LogP contribution in [0.2, 0.25) is 0 Å². The molecule has 0 radical (unpaired) electrons. The highest BCUT2D eigenvalue weighted by Gasteiger charge is 2.11. The second kappa shape index (κ2) is 5.39. The Hall–Kier alpha value is -1.51. The quantitative estimate of drug-likeness (QED) is 0.547. The molecule has 0 N–H and O–H groups in total. The standard InChI is InChI=1S/C12H15NO2/c1-3-5-10(14)8-12(15)11-7-4-6-9(2)13-11/h4,6-7H,3,5,8H2,1-2H3. The van der Waals surface area contributed by atoms with E-state index in [9.17, 15) is 9.59 Å². The minimum atomic E-state index is -0.183. The van der Waals surface area contributed by atoms with Crippen LogP contribution in [-0.4, -0.2) is 16.6 Å². The predicted molar refractivity (Wildman–Crippen MR) is 57.8 cm³/mol. The fourth-order valence-electron chi connectivity index (χ4n) is 1.34. The average Bonchev–Trinajstić information content (AvgIpc) is 2.18. The van der Waals surface area contributed by atoms with Crippen molar-refractivity contribution in [1.29, 1.82) is 0 Å². The van der Waals surface area contributed by atoms with Crippen LogP contribution >= 0.6 is 0 Å². The maximum Gasteiger partial charge on any atom is 0.188 e. The third kappa shape index (κ3) is 3.62. The number of pyridine rings is 1. The van der Waals surface area contributed by atoms with Crippen molar-refractivity contribution in [3.8, 4) is 0 Å². The Labute approximate surface area is 89.5 Å². The summed E-state index contributed by atoms with van der Waals surface area (Å²) >= 11 is 0. The normalized spacial score (nSPS) is 10.0. The summed E-state index contributed by atoms with van der Waals surface area (Å²) in [6.45, 7) is 3.75. The molecule has 15 heavy (non-hydrogen) atoms. The first kappa shape index (κ1) is 11.6. The summed E-state index contributed by atoms with van der Waals surface area (Å²) in [5.41, 5.74) is 1.18. The minimum absolute atomic E-state index is 0.00851. The number of carbonyl (C=O) groups is 2. The molecule has 3 heteroatoms. The van der Waals surface area contributed by atoms with Gasteiger partial charge in [-0.3, -0.25) is 14.6 Å². The number of aromatic nitrogens is 1. The molecule has 0 atom stereocenters. The zero-order valence-corrected chi connectivity index (χ0v) is 9.12. The zero-order chi connectivity index (χ0) is 11.3. The molecule has 0 fully saturated rings. The van der Waals surface area contributed by atoms with E-state index in [1.165, 1.54) is 0 Å². The van der Waals surface area contributed by atoms with Crippen LogP contribution in [0.4, 0.5) is 0 Å². The highest BCUT2D eigenvalue weighted by Crippen LogP contribution is 2.04. The lowest BCUT2D eigenvalue weighted by Crippen LogP contribution is -2.09. The molecule has 0 aliphatic rings. The van der Waals surface area contributed by atoms with Crippen LogP contribution in [-0.2, 0) is 4.79 Å². The van der Waals surface area contributed by atoms with Crippen molar-refractivity contribution in [2.24, 2.45) is 0 Å². The van der Waals surface area contributed by atoms with Gasteiger partial charge in [-0.15, -0.1) is 0 Å². The van der Waals surface area contributed by atoms with E-state index < -0.39 is 0 Å². The molecule has 1 heterocycles. The number of nitrogens with zero attached hydrogens (tertiary/aromatic N) is 1. The van der Waals surface area contributed by atoms with Crippen LogP contribution in [0.15, 0.2) is 18.2 Å². The van der Waals surface area contributed by atoms with Crippen molar-refractivity contribution in [1.82, 2.24) is 4.98 Å². The molecule has 1 aromatic rings. The van der Waals surface area contributed by atoms with Gasteiger partial charge < -0.3 is 0 Å². The molecular formula is C12H15NO2. The van der Waals surface area contributed by atoms with Crippen LogP contribution in [0, 0.1) is 6.92 Å². The molecule has 1 aromatic heterocycles. The summed E-state index contributed by atoms with van der Waals surface area (Å²) in [6.07, 6.45) is 1.23. The Kier molecular flexibility index (Phi) is 4.16. The van der Waals surface area contributed by atoms with Crippen molar-refractivity contribution in [2.45, 2.75) is 33.1 Å². The second-order valence-corrected chi connectivity index (χ2v) is 3.55. The van der Waals surface area contributed by atoms with Gasteiger partial charge in [-0.1, -0.05) is 13.0 Å². The number of aryl methyl sites for hydroxylation is 1. The Balaban J connectivity index is 2.65. The fraction of sp³-hybridized carbons (Fsp3) is 0.417. The van der Waals surface area contributed by atoms with E-state index in [1.54, 1.807) is 12.1 Å². The molecule has 0 unspecified atom stereocenters. The molecule has 0 aliphatic carbocycles. The molecule has 0 aliphatic heterocycles. The Bertz CT molecular complexity index is 372. The van der Waals surface area contributed by atoms with Crippen LogP contribution in [0.5, 0.6) is 0 Å². The van der Waals surface area contributed by atoms with Gasteiger partial charge in [-0.05, 0) is 25.5 Å². The Morgan fingerprint density at radius 1 is 1.33 bits per heavy atom. The average molecular weight is 205 g/mol. The first-order valence-corrected chi connectivity index (χ1v) is 5.12. The van der Waals surface area contributed by atoms with Gasteiger partial charge in [-0.25, -0.2) is 0 Å². The van der Waals surface area contributed by atoms with Crippen LogP contribution in [0.1, 0.15) is 42.4 Å². The lowest BCUT2D eigenvalue weighted by atomic mass is 10.1. The Morgan fingerprint density at radius 3 is 2.67 bits per heavy atom. The van der Waals surface area contributed by atoms with Gasteiger partial charge in [0.25, 0.3) is 0 Å². The topological polar surface area (TPSA) is 47.0 Å². The molecule has 0 aromatic carbocycles.